The zero-order valence-corrected chi connectivity index (χ0v) is 17.2. The number of amides is 2. The van der Waals surface area contributed by atoms with Gasteiger partial charge in [0.05, 0.1) is 6.04 Å². The normalized spacial score (nSPS) is 19.7. The van der Waals surface area contributed by atoms with Gasteiger partial charge in [-0.25, -0.2) is 4.79 Å². The van der Waals surface area contributed by atoms with Crippen molar-refractivity contribution in [3.05, 3.63) is 71.8 Å². The molecule has 3 rings (SSSR count). The number of piperazine rings is 1. The van der Waals surface area contributed by atoms with Gasteiger partial charge >= 0.3 is 6.09 Å². The molecule has 1 aliphatic heterocycles. The van der Waals surface area contributed by atoms with Crippen LogP contribution in [-0.4, -0.2) is 41.6 Å². The second-order valence-electron chi connectivity index (χ2n) is 8.22. The summed E-state index contributed by atoms with van der Waals surface area (Å²) in [5.41, 5.74) is 1.58. The summed E-state index contributed by atoms with van der Waals surface area (Å²) in [6, 6.07) is 19.4. The van der Waals surface area contributed by atoms with Gasteiger partial charge in [-0.1, -0.05) is 60.7 Å². The van der Waals surface area contributed by atoms with Crippen LogP contribution < -0.4 is 10.6 Å². The van der Waals surface area contributed by atoms with Crippen LogP contribution in [0.1, 0.15) is 37.9 Å². The van der Waals surface area contributed by atoms with Crippen molar-refractivity contribution < 1.29 is 14.3 Å². The van der Waals surface area contributed by atoms with Crippen LogP contribution in [0.4, 0.5) is 4.79 Å². The molecule has 2 N–H and O–H groups in total. The molecule has 6 heteroatoms. The van der Waals surface area contributed by atoms with E-state index in [1.807, 2.05) is 86.3 Å². The minimum atomic E-state index is -0.578. The van der Waals surface area contributed by atoms with Crippen LogP contribution in [-0.2, 0) is 16.1 Å². The first-order chi connectivity index (χ1) is 13.8. The summed E-state index contributed by atoms with van der Waals surface area (Å²) < 4.78 is 5.27. The molecule has 0 saturated carbocycles. The van der Waals surface area contributed by atoms with Crippen LogP contribution in [0.25, 0.3) is 0 Å². The molecule has 0 aliphatic carbocycles. The Kier molecular flexibility index (Phi) is 6.54. The van der Waals surface area contributed by atoms with Gasteiger partial charge in [-0.2, -0.15) is 0 Å². The van der Waals surface area contributed by atoms with E-state index in [9.17, 15) is 9.59 Å². The predicted octanol–water partition coefficient (Wildman–Crippen LogP) is 3.25. The summed E-state index contributed by atoms with van der Waals surface area (Å²) in [5, 5.41) is 6.00. The number of benzene rings is 2. The van der Waals surface area contributed by atoms with Gasteiger partial charge in [0.1, 0.15) is 11.6 Å². The van der Waals surface area contributed by atoms with Gasteiger partial charge in [-0.3, -0.25) is 4.79 Å². The molecular weight excluding hydrogens is 366 g/mol. The summed E-state index contributed by atoms with van der Waals surface area (Å²) in [6.07, 6.45) is -0.521. The first kappa shape index (κ1) is 20.9. The van der Waals surface area contributed by atoms with Gasteiger partial charge < -0.3 is 20.3 Å². The summed E-state index contributed by atoms with van der Waals surface area (Å²) in [6.45, 7) is 6.74. The van der Waals surface area contributed by atoms with Crippen molar-refractivity contribution in [3.63, 3.8) is 0 Å². The van der Waals surface area contributed by atoms with Crippen molar-refractivity contribution in [3.8, 4) is 0 Å². The molecule has 0 aromatic heterocycles. The predicted molar refractivity (Wildman–Crippen MR) is 112 cm³/mol. The first-order valence-electron chi connectivity index (χ1n) is 9.93. The Bertz CT molecular complexity index is 818. The third-order valence-corrected chi connectivity index (χ3v) is 4.74. The van der Waals surface area contributed by atoms with E-state index in [1.165, 1.54) is 0 Å². The van der Waals surface area contributed by atoms with E-state index in [-0.39, 0.29) is 18.5 Å². The van der Waals surface area contributed by atoms with Crippen molar-refractivity contribution in [2.45, 2.75) is 45.0 Å². The molecular formula is C23H29N3O3. The number of hydrogen-bond donors (Lipinski definition) is 2. The van der Waals surface area contributed by atoms with Gasteiger partial charge in [0, 0.05) is 19.6 Å². The molecule has 1 unspecified atom stereocenters. The molecule has 0 spiro atoms. The molecule has 2 aromatic rings. The third kappa shape index (κ3) is 5.81. The summed E-state index contributed by atoms with van der Waals surface area (Å²) in [4.78, 5) is 27.2. The van der Waals surface area contributed by atoms with E-state index in [2.05, 4.69) is 10.6 Å². The summed E-state index contributed by atoms with van der Waals surface area (Å²) in [7, 11) is 0. The van der Waals surface area contributed by atoms with Gasteiger partial charge in [0.25, 0.3) is 0 Å². The molecule has 0 radical (unpaired) electrons. The van der Waals surface area contributed by atoms with Crippen molar-refractivity contribution in [1.82, 2.24) is 15.5 Å². The fourth-order valence-corrected chi connectivity index (χ4v) is 3.41. The second-order valence-corrected chi connectivity index (χ2v) is 8.22. The van der Waals surface area contributed by atoms with Crippen molar-refractivity contribution >= 4 is 12.0 Å². The largest absolute Gasteiger partial charge is 0.444 e. The fourth-order valence-electron chi connectivity index (χ4n) is 3.41. The third-order valence-electron chi connectivity index (χ3n) is 4.74. The van der Waals surface area contributed by atoms with Crippen LogP contribution >= 0.6 is 0 Å². The highest BCUT2D eigenvalue weighted by atomic mass is 16.6. The number of ether oxygens (including phenoxy) is 1. The maximum atomic E-state index is 13.3. The number of nitrogens with zero attached hydrogens (tertiary/aromatic N) is 1. The Morgan fingerprint density at radius 1 is 1.10 bits per heavy atom. The molecule has 1 fully saturated rings. The maximum absolute atomic E-state index is 13.3. The molecule has 2 atom stereocenters. The molecule has 2 amide bonds. The Morgan fingerprint density at radius 3 is 2.34 bits per heavy atom. The van der Waals surface area contributed by atoms with E-state index >= 15 is 0 Å². The van der Waals surface area contributed by atoms with E-state index < -0.39 is 17.7 Å². The molecule has 29 heavy (non-hydrogen) atoms. The molecule has 0 bridgehead atoms. The SMILES string of the molecule is CC(C)(C)OC(=O)NC[C@@H]1NCC(c2ccccc2)N(Cc2ccccc2)C1=O. The minimum Gasteiger partial charge on any atom is -0.444 e. The van der Waals surface area contributed by atoms with Crippen molar-refractivity contribution in [2.75, 3.05) is 13.1 Å². The minimum absolute atomic E-state index is 0.0370. The lowest BCUT2D eigenvalue weighted by molar-refractivity contribution is -0.139. The highest BCUT2D eigenvalue weighted by Gasteiger charge is 2.36. The van der Waals surface area contributed by atoms with E-state index in [0.29, 0.717) is 13.1 Å². The Morgan fingerprint density at radius 2 is 1.72 bits per heavy atom. The zero-order chi connectivity index (χ0) is 20.9. The fraction of sp³-hybridized carbons (Fsp3) is 0.391. The van der Waals surface area contributed by atoms with Crippen molar-refractivity contribution in [1.29, 1.82) is 0 Å². The highest BCUT2D eigenvalue weighted by Crippen LogP contribution is 2.26. The maximum Gasteiger partial charge on any atom is 0.407 e. The lowest BCUT2D eigenvalue weighted by Crippen LogP contribution is -2.59. The first-order valence-corrected chi connectivity index (χ1v) is 9.93. The van der Waals surface area contributed by atoms with Crippen molar-refractivity contribution in [2.24, 2.45) is 0 Å². The Labute approximate surface area is 172 Å². The van der Waals surface area contributed by atoms with Crippen LogP contribution in [0.3, 0.4) is 0 Å². The molecule has 1 aliphatic rings. The molecule has 2 aromatic carbocycles. The van der Waals surface area contributed by atoms with E-state index in [0.717, 1.165) is 11.1 Å². The Hall–Kier alpha value is -2.86. The Balaban J connectivity index is 1.73. The summed E-state index contributed by atoms with van der Waals surface area (Å²) >= 11 is 0. The van der Waals surface area contributed by atoms with E-state index in [1.54, 1.807) is 0 Å². The summed E-state index contributed by atoms with van der Waals surface area (Å²) in [5.74, 6) is -0.0370. The standard InChI is InChI=1S/C23H29N3O3/c1-23(2,3)29-22(28)25-14-19-21(27)26(16-17-10-6-4-7-11-17)20(15-24-19)18-12-8-5-9-13-18/h4-13,19-20,24H,14-16H2,1-3H3,(H,25,28)/t19-,20?/m0/s1. The average molecular weight is 396 g/mol. The molecule has 1 saturated heterocycles. The molecule has 1 heterocycles. The number of alkyl carbamates (subject to hydrolysis) is 1. The lowest BCUT2D eigenvalue weighted by atomic mass is 9.99. The lowest BCUT2D eigenvalue weighted by Gasteiger charge is -2.40. The van der Waals surface area contributed by atoms with Gasteiger partial charge in [-0.05, 0) is 31.9 Å². The van der Waals surface area contributed by atoms with Gasteiger partial charge in [0.2, 0.25) is 5.91 Å². The monoisotopic (exact) mass is 395 g/mol. The van der Waals surface area contributed by atoms with Crippen LogP contribution in [0.2, 0.25) is 0 Å². The van der Waals surface area contributed by atoms with Crippen LogP contribution in [0.15, 0.2) is 60.7 Å². The zero-order valence-electron chi connectivity index (χ0n) is 17.2. The van der Waals surface area contributed by atoms with E-state index in [4.69, 9.17) is 4.74 Å². The second kappa shape index (κ2) is 9.09. The van der Waals surface area contributed by atoms with Crippen LogP contribution in [0, 0.1) is 0 Å². The molecule has 6 nitrogen and oxygen atoms in total. The number of rotatable bonds is 5. The quantitative estimate of drug-likeness (QED) is 0.815. The number of carbonyl (C=O) groups excluding carboxylic acids is 2. The number of carbonyl (C=O) groups is 2. The van der Waals surface area contributed by atoms with Gasteiger partial charge in [-0.15, -0.1) is 0 Å². The smallest absolute Gasteiger partial charge is 0.407 e. The average Bonchev–Trinajstić information content (AvgIpc) is 2.69. The molecule has 154 valence electrons. The highest BCUT2D eigenvalue weighted by molar-refractivity contribution is 5.84. The van der Waals surface area contributed by atoms with Gasteiger partial charge in [0.15, 0.2) is 0 Å². The van der Waals surface area contributed by atoms with Crippen LogP contribution in [0.5, 0.6) is 0 Å². The number of nitrogens with one attached hydrogen (secondary N) is 2. The number of hydrogen-bond acceptors (Lipinski definition) is 4. The topological polar surface area (TPSA) is 70.7 Å².